The summed E-state index contributed by atoms with van der Waals surface area (Å²) in [4.78, 5) is 2.42. The zero-order valence-electron chi connectivity index (χ0n) is 37.1. The highest BCUT2D eigenvalue weighted by Crippen LogP contribution is 2.51. The van der Waals surface area contributed by atoms with Crippen LogP contribution >= 0.6 is 0 Å². The number of aromatic nitrogens is 1. The van der Waals surface area contributed by atoms with Crippen molar-refractivity contribution < 1.29 is 0 Å². The van der Waals surface area contributed by atoms with Gasteiger partial charge in [-0.1, -0.05) is 208 Å². The lowest BCUT2D eigenvalue weighted by atomic mass is 9.82. The first kappa shape index (κ1) is 39.6. The molecule has 12 rings (SSSR count). The van der Waals surface area contributed by atoms with E-state index in [-0.39, 0.29) is 5.41 Å². The molecule has 0 amide bonds. The lowest BCUT2D eigenvalue weighted by Gasteiger charge is -2.35. The van der Waals surface area contributed by atoms with E-state index < -0.39 is 8.07 Å². The molecule has 1 aliphatic carbocycles. The monoisotopic (exact) mass is 860 g/mol. The first-order valence-electron chi connectivity index (χ1n) is 23.0. The van der Waals surface area contributed by atoms with Crippen molar-refractivity contribution in [3.8, 4) is 27.9 Å². The highest BCUT2D eigenvalue weighted by atomic mass is 28.3. The first-order valence-corrected chi connectivity index (χ1v) is 25.0. The van der Waals surface area contributed by atoms with Crippen LogP contribution in [0, 0.1) is 0 Å². The molecule has 0 atom stereocenters. The molecule has 11 aromatic rings. The Morgan fingerprint density at radius 2 is 0.758 bits per heavy atom. The van der Waals surface area contributed by atoms with Crippen LogP contribution in [-0.4, -0.2) is 12.6 Å². The van der Waals surface area contributed by atoms with Crippen LogP contribution in [0.5, 0.6) is 0 Å². The Labute approximate surface area is 388 Å². The van der Waals surface area contributed by atoms with Gasteiger partial charge in [-0.25, -0.2) is 0 Å². The number of rotatable bonds is 9. The molecule has 3 heteroatoms. The van der Waals surface area contributed by atoms with Gasteiger partial charge in [0.2, 0.25) is 0 Å². The van der Waals surface area contributed by atoms with Crippen molar-refractivity contribution in [2.75, 3.05) is 4.90 Å². The van der Waals surface area contributed by atoms with Gasteiger partial charge in [-0.15, -0.1) is 0 Å². The molecular weight excluding hydrogens is 813 g/mol. The maximum Gasteiger partial charge on any atom is 0.179 e. The molecule has 1 heterocycles. The lowest BCUT2D eigenvalue weighted by Crippen LogP contribution is -2.74. The van der Waals surface area contributed by atoms with E-state index >= 15 is 0 Å². The van der Waals surface area contributed by atoms with Crippen molar-refractivity contribution in [3.05, 3.63) is 266 Å². The summed E-state index contributed by atoms with van der Waals surface area (Å²) in [6.07, 6.45) is 0. The van der Waals surface area contributed by atoms with Gasteiger partial charge in [-0.05, 0) is 115 Å². The van der Waals surface area contributed by atoms with Gasteiger partial charge >= 0.3 is 0 Å². The quantitative estimate of drug-likeness (QED) is 0.104. The number of benzene rings is 10. The zero-order chi connectivity index (χ0) is 44.2. The van der Waals surface area contributed by atoms with Crippen molar-refractivity contribution >= 4 is 67.7 Å². The Morgan fingerprint density at radius 1 is 0.348 bits per heavy atom. The summed E-state index contributed by atoms with van der Waals surface area (Å²) in [6.45, 7) is 4.84. The third-order valence-electron chi connectivity index (χ3n) is 14.2. The summed E-state index contributed by atoms with van der Waals surface area (Å²) in [7, 11) is -2.72. The standard InChI is InChI=1S/C63H48N2Si/c1-63(2)59-43-50(39-41-55(59)56-42-40-54(44-60(56)63)66(51-21-9-4-10-22-51,52-23-11-5-12-24-52)53-25-13-6-14-26-53)64(47-33-31-46(32-34-47)45-19-7-3-8-20-45)48-35-37-49(38-36-48)65-61-29-17-15-27-57(61)58-28-16-18-30-62(58)65/h3-44H,1-2H3. The van der Waals surface area contributed by atoms with Crippen LogP contribution in [0.2, 0.25) is 0 Å². The van der Waals surface area contributed by atoms with E-state index in [0.717, 1.165) is 22.7 Å². The van der Waals surface area contributed by atoms with E-state index in [1.165, 1.54) is 75.9 Å². The normalized spacial score (nSPS) is 12.8. The molecule has 0 radical (unpaired) electrons. The van der Waals surface area contributed by atoms with Crippen LogP contribution in [0.15, 0.2) is 255 Å². The summed E-state index contributed by atoms with van der Waals surface area (Å²) in [5.41, 5.74) is 14.4. The van der Waals surface area contributed by atoms with Crippen LogP contribution in [0.4, 0.5) is 17.1 Å². The van der Waals surface area contributed by atoms with Gasteiger partial charge in [-0.2, -0.15) is 0 Å². The molecule has 0 aliphatic heterocycles. The van der Waals surface area contributed by atoms with E-state index in [9.17, 15) is 0 Å². The molecule has 0 saturated heterocycles. The second kappa shape index (κ2) is 15.9. The predicted molar refractivity (Wildman–Crippen MR) is 282 cm³/mol. The van der Waals surface area contributed by atoms with Crippen LogP contribution in [-0.2, 0) is 5.41 Å². The number of hydrogen-bond donors (Lipinski definition) is 0. The molecule has 2 nitrogen and oxygen atoms in total. The fourth-order valence-electron chi connectivity index (χ4n) is 11.0. The van der Waals surface area contributed by atoms with E-state index in [2.05, 4.69) is 278 Å². The Morgan fingerprint density at radius 3 is 1.29 bits per heavy atom. The fraction of sp³-hybridized carbons (Fsp3) is 0.0476. The summed E-state index contributed by atoms with van der Waals surface area (Å²) in [6, 6.07) is 94.6. The minimum Gasteiger partial charge on any atom is -0.310 e. The molecule has 1 aliphatic rings. The van der Waals surface area contributed by atoms with Crippen molar-refractivity contribution in [2.24, 2.45) is 0 Å². The summed E-state index contributed by atoms with van der Waals surface area (Å²) >= 11 is 0. The van der Waals surface area contributed by atoms with E-state index in [1.54, 1.807) is 0 Å². The third kappa shape index (κ3) is 6.30. The second-order valence-electron chi connectivity index (χ2n) is 18.1. The summed E-state index contributed by atoms with van der Waals surface area (Å²) in [5.74, 6) is 0. The molecule has 0 fully saturated rings. The van der Waals surface area contributed by atoms with Gasteiger partial charge < -0.3 is 9.47 Å². The molecule has 0 spiro atoms. The topological polar surface area (TPSA) is 8.17 Å². The largest absolute Gasteiger partial charge is 0.310 e. The Bertz CT molecular complexity index is 3370. The summed E-state index contributed by atoms with van der Waals surface area (Å²) in [5, 5.41) is 8.08. The molecule has 1 aromatic heterocycles. The predicted octanol–water partition coefficient (Wildman–Crippen LogP) is 13.6. The van der Waals surface area contributed by atoms with Crippen molar-refractivity contribution in [3.63, 3.8) is 0 Å². The molecule has 10 aromatic carbocycles. The average molecular weight is 861 g/mol. The number of nitrogens with zero attached hydrogens (tertiary/aromatic N) is 2. The maximum absolute atomic E-state index is 2.72. The summed E-state index contributed by atoms with van der Waals surface area (Å²) < 4.78 is 2.39. The highest BCUT2D eigenvalue weighted by Gasteiger charge is 2.44. The van der Waals surface area contributed by atoms with E-state index in [4.69, 9.17) is 0 Å². The smallest absolute Gasteiger partial charge is 0.179 e. The SMILES string of the molecule is CC1(C)c2cc(N(c3ccc(-c4ccccc4)cc3)c3ccc(-n4c5ccccc5c5ccccc54)cc3)ccc2-c2ccc([Si](c3ccccc3)(c3ccccc3)c3ccccc3)cc21. The van der Waals surface area contributed by atoms with Gasteiger partial charge in [-0.3, -0.25) is 0 Å². The van der Waals surface area contributed by atoms with Crippen molar-refractivity contribution in [1.82, 2.24) is 4.57 Å². The number of hydrogen-bond acceptors (Lipinski definition) is 1. The Kier molecular flexibility index (Phi) is 9.55. The molecule has 0 unspecified atom stereocenters. The van der Waals surface area contributed by atoms with Crippen LogP contribution in [0.1, 0.15) is 25.0 Å². The zero-order valence-corrected chi connectivity index (χ0v) is 38.1. The third-order valence-corrected chi connectivity index (χ3v) is 18.9. The Hall–Kier alpha value is -7.98. The Balaban J connectivity index is 0.991. The van der Waals surface area contributed by atoms with Crippen LogP contribution < -0.4 is 25.6 Å². The minimum atomic E-state index is -2.72. The van der Waals surface area contributed by atoms with Gasteiger partial charge in [0.15, 0.2) is 8.07 Å². The molecule has 0 bridgehead atoms. The highest BCUT2D eigenvalue weighted by molar-refractivity contribution is 7.19. The van der Waals surface area contributed by atoms with Gasteiger partial charge in [0.05, 0.1) is 11.0 Å². The maximum atomic E-state index is 2.57. The molecular formula is C63H48N2Si. The van der Waals surface area contributed by atoms with Gasteiger partial charge in [0, 0.05) is 38.9 Å². The molecule has 0 saturated carbocycles. The van der Waals surface area contributed by atoms with E-state index in [1.807, 2.05) is 0 Å². The molecule has 0 N–H and O–H groups in total. The fourth-order valence-corrected chi connectivity index (χ4v) is 15.8. The minimum absolute atomic E-state index is 0.260. The number of anilines is 3. The van der Waals surface area contributed by atoms with Crippen molar-refractivity contribution in [1.29, 1.82) is 0 Å². The molecule has 66 heavy (non-hydrogen) atoms. The van der Waals surface area contributed by atoms with E-state index in [0.29, 0.717) is 0 Å². The number of fused-ring (bicyclic) bond motifs is 6. The van der Waals surface area contributed by atoms with Crippen LogP contribution in [0.25, 0.3) is 49.7 Å². The van der Waals surface area contributed by atoms with Crippen molar-refractivity contribution in [2.45, 2.75) is 19.3 Å². The number of para-hydroxylation sites is 2. The first-order chi connectivity index (χ1) is 32.5. The average Bonchev–Trinajstić information content (AvgIpc) is 3.84. The second-order valence-corrected chi connectivity index (χ2v) is 21.9. The lowest BCUT2D eigenvalue weighted by molar-refractivity contribution is 0.661. The van der Waals surface area contributed by atoms with Gasteiger partial charge in [0.1, 0.15) is 0 Å². The van der Waals surface area contributed by atoms with Crippen LogP contribution in [0.3, 0.4) is 0 Å². The van der Waals surface area contributed by atoms with Gasteiger partial charge in [0.25, 0.3) is 0 Å². The molecule has 314 valence electrons.